The molecule has 0 fully saturated rings. The van der Waals surface area contributed by atoms with Crippen LogP contribution in [0.4, 0.5) is 17.1 Å². The quantitative estimate of drug-likeness (QED) is 0.743. The van der Waals surface area contributed by atoms with Crippen molar-refractivity contribution in [2.24, 2.45) is 11.7 Å². The highest BCUT2D eigenvalue weighted by Gasteiger charge is 2.19. The Labute approximate surface area is 143 Å². The van der Waals surface area contributed by atoms with E-state index in [-0.39, 0.29) is 24.2 Å². The molecule has 0 bridgehead atoms. The number of amides is 1. The summed E-state index contributed by atoms with van der Waals surface area (Å²) >= 11 is 0. The molecule has 0 heterocycles. The second-order valence-corrected chi connectivity index (χ2v) is 5.47. The van der Waals surface area contributed by atoms with Gasteiger partial charge in [-0.3, -0.25) is 4.79 Å². The van der Waals surface area contributed by atoms with Gasteiger partial charge in [-0.15, -0.1) is 12.4 Å². The Morgan fingerprint density at radius 3 is 2.09 bits per heavy atom. The number of benzene rings is 2. The zero-order chi connectivity index (χ0) is 15.9. The highest BCUT2D eigenvalue weighted by Crippen LogP contribution is 2.19. The lowest BCUT2D eigenvalue weighted by atomic mass is 9.99. The fraction of sp³-hybridized carbons (Fsp3) is 0.278. The molecule has 0 spiro atoms. The number of para-hydroxylation sites is 1. The molecule has 0 aromatic heterocycles. The van der Waals surface area contributed by atoms with Crippen molar-refractivity contribution in [3.8, 4) is 0 Å². The van der Waals surface area contributed by atoms with E-state index >= 15 is 0 Å². The third-order valence-electron chi connectivity index (χ3n) is 3.77. The number of hydrogen-bond donors (Lipinski definition) is 3. The first-order valence-corrected chi connectivity index (χ1v) is 7.58. The predicted octanol–water partition coefficient (Wildman–Crippen LogP) is 4.16. The van der Waals surface area contributed by atoms with Gasteiger partial charge in [0.25, 0.3) is 0 Å². The smallest absolute Gasteiger partial charge is 0.241 e. The van der Waals surface area contributed by atoms with Crippen LogP contribution in [0.25, 0.3) is 0 Å². The lowest BCUT2D eigenvalue weighted by Crippen LogP contribution is -2.40. The summed E-state index contributed by atoms with van der Waals surface area (Å²) in [5.41, 5.74) is 8.67. The van der Waals surface area contributed by atoms with Crippen LogP contribution in [0.2, 0.25) is 0 Å². The van der Waals surface area contributed by atoms with Gasteiger partial charge in [0.2, 0.25) is 5.91 Å². The van der Waals surface area contributed by atoms with Crippen LogP contribution in [0.1, 0.15) is 20.3 Å². The molecule has 23 heavy (non-hydrogen) atoms. The molecule has 1 amide bonds. The average molecular weight is 334 g/mol. The van der Waals surface area contributed by atoms with Crippen molar-refractivity contribution in [1.29, 1.82) is 0 Å². The first-order chi connectivity index (χ1) is 10.6. The molecule has 0 aliphatic rings. The van der Waals surface area contributed by atoms with Crippen molar-refractivity contribution in [1.82, 2.24) is 0 Å². The minimum absolute atomic E-state index is 0. The normalized spacial score (nSPS) is 12.7. The van der Waals surface area contributed by atoms with Crippen LogP contribution in [0.3, 0.4) is 0 Å². The molecule has 2 unspecified atom stereocenters. The Bertz CT molecular complexity index is 601. The highest BCUT2D eigenvalue weighted by molar-refractivity contribution is 5.95. The molecular formula is C18H24ClN3O. The molecule has 0 saturated carbocycles. The monoisotopic (exact) mass is 333 g/mol. The van der Waals surface area contributed by atoms with Gasteiger partial charge in [-0.05, 0) is 42.3 Å². The molecule has 2 rings (SSSR count). The van der Waals surface area contributed by atoms with Crippen molar-refractivity contribution in [3.63, 3.8) is 0 Å². The Morgan fingerprint density at radius 1 is 1.00 bits per heavy atom. The molecule has 0 aliphatic carbocycles. The minimum Gasteiger partial charge on any atom is -0.356 e. The number of hydrogen-bond acceptors (Lipinski definition) is 3. The van der Waals surface area contributed by atoms with Gasteiger partial charge in [0.15, 0.2) is 0 Å². The second-order valence-electron chi connectivity index (χ2n) is 5.47. The van der Waals surface area contributed by atoms with Crippen molar-refractivity contribution in [3.05, 3.63) is 54.6 Å². The summed E-state index contributed by atoms with van der Waals surface area (Å²) < 4.78 is 0. The van der Waals surface area contributed by atoms with Gasteiger partial charge in [0.1, 0.15) is 0 Å². The number of carbonyl (C=O) groups is 1. The van der Waals surface area contributed by atoms with Crippen molar-refractivity contribution < 1.29 is 4.79 Å². The summed E-state index contributed by atoms with van der Waals surface area (Å²) in [5.74, 6) is 0.0251. The van der Waals surface area contributed by atoms with Crippen LogP contribution in [0.5, 0.6) is 0 Å². The van der Waals surface area contributed by atoms with Crippen LogP contribution in [-0.2, 0) is 4.79 Å². The summed E-state index contributed by atoms with van der Waals surface area (Å²) in [6.45, 7) is 4.01. The van der Waals surface area contributed by atoms with E-state index in [4.69, 9.17) is 5.73 Å². The maximum atomic E-state index is 12.0. The van der Waals surface area contributed by atoms with Gasteiger partial charge in [-0.25, -0.2) is 0 Å². The van der Waals surface area contributed by atoms with Crippen LogP contribution in [0, 0.1) is 5.92 Å². The van der Waals surface area contributed by atoms with E-state index in [0.717, 1.165) is 23.5 Å². The predicted molar refractivity (Wildman–Crippen MR) is 99.5 cm³/mol. The SMILES string of the molecule is CCC(C)C(N)C(=O)Nc1ccc(Nc2ccccc2)cc1.Cl. The third-order valence-corrected chi connectivity index (χ3v) is 3.77. The molecule has 0 aliphatic heterocycles. The Balaban J connectivity index is 0.00000264. The number of carbonyl (C=O) groups excluding carboxylic acids is 1. The van der Waals surface area contributed by atoms with Crippen molar-refractivity contribution in [2.45, 2.75) is 26.3 Å². The van der Waals surface area contributed by atoms with Crippen molar-refractivity contribution >= 4 is 35.4 Å². The highest BCUT2D eigenvalue weighted by atomic mass is 35.5. The lowest BCUT2D eigenvalue weighted by Gasteiger charge is -2.17. The van der Waals surface area contributed by atoms with Crippen molar-refractivity contribution in [2.75, 3.05) is 10.6 Å². The van der Waals surface area contributed by atoms with E-state index in [2.05, 4.69) is 10.6 Å². The maximum Gasteiger partial charge on any atom is 0.241 e. The number of nitrogens with one attached hydrogen (secondary N) is 2. The first-order valence-electron chi connectivity index (χ1n) is 7.58. The van der Waals surface area contributed by atoms with Gasteiger partial charge in [-0.1, -0.05) is 38.5 Å². The van der Waals surface area contributed by atoms with Crippen LogP contribution in [-0.4, -0.2) is 11.9 Å². The Morgan fingerprint density at radius 2 is 1.52 bits per heavy atom. The van der Waals surface area contributed by atoms with Gasteiger partial charge in [0.05, 0.1) is 6.04 Å². The zero-order valence-corrected chi connectivity index (χ0v) is 14.3. The number of anilines is 3. The zero-order valence-electron chi connectivity index (χ0n) is 13.5. The summed E-state index contributed by atoms with van der Waals surface area (Å²) in [6.07, 6.45) is 0.883. The van der Waals surface area contributed by atoms with E-state index in [1.54, 1.807) is 0 Å². The van der Waals surface area contributed by atoms with Gasteiger partial charge < -0.3 is 16.4 Å². The molecule has 2 aromatic carbocycles. The molecule has 2 atom stereocenters. The van der Waals surface area contributed by atoms with E-state index in [1.165, 1.54) is 0 Å². The Kier molecular flexibility index (Phi) is 7.59. The van der Waals surface area contributed by atoms with Gasteiger partial charge >= 0.3 is 0 Å². The third kappa shape index (κ3) is 5.58. The van der Waals surface area contributed by atoms with E-state index in [9.17, 15) is 4.79 Å². The summed E-state index contributed by atoms with van der Waals surface area (Å²) in [7, 11) is 0. The summed E-state index contributed by atoms with van der Waals surface area (Å²) in [5, 5.41) is 6.15. The van der Waals surface area contributed by atoms with E-state index < -0.39 is 6.04 Å². The van der Waals surface area contributed by atoms with Crippen LogP contribution < -0.4 is 16.4 Å². The minimum atomic E-state index is -0.480. The van der Waals surface area contributed by atoms with Gasteiger partial charge in [-0.2, -0.15) is 0 Å². The molecule has 5 heteroatoms. The number of nitrogens with two attached hydrogens (primary N) is 1. The van der Waals surface area contributed by atoms with E-state index in [0.29, 0.717) is 0 Å². The number of halogens is 1. The second kappa shape index (κ2) is 9.18. The number of rotatable bonds is 6. The molecule has 0 saturated heterocycles. The topological polar surface area (TPSA) is 67.2 Å². The lowest BCUT2D eigenvalue weighted by molar-refractivity contribution is -0.118. The molecule has 2 aromatic rings. The molecule has 4 nitrogen and oxygen atoms in total. The van der Waals surface area contributed by atoms with Crippen LogP contribution >= 0.6 is 12.4 Å². The summed E-state index contributed by atoms with van der Waals surface area (Å²) in [4.78, 5) is 12.0. The average Bonchev–Trinajstić information content (AvgIpc) is 2.56. The van der Waals surface area contributed by atoms with Gasteiger partial charge in [0, 0.05) is 17.1 Å². The van der Waals surface area contributed by atoms with Crippen LogP contribution in [0.15, 0.2) is 54.6 Å². The standard InChI is InChI=1S/C18H23N3O.ClH/c1-3-13(2)17(19)18(22)21-16-11-9-15(10-12-16)20-14-7-5-4-6-8-14;/h4-13,17,20H,3,19H2,1-2H3,(H,21,22);1H. The molecule has 4 N–H and O–H groups in total. The Hall–Kier alpha value is -2.04. The maximum absolute atomic E-state index is 12.0. The first kappa shape index (κ1) is 19.0. The fourth-order valence-corrected chi connectivity index (χ4v) is 2.06. The molecule has 124 valence electrons. The largest absolute Gasteiger partial charge is 0.356 e. The fourth-order valence-electron chi connectivity index (χ4n) is 2.06. The molecular weight excluding hydrogens is 310 g/mol. The van der Waals surface area contributed by atoms with E-state index in [1.807, 2.05) is 68.4 Å². The molecule has 0 radical (unpaired) electrons. The summed E-state index contributed by atoms with van der Waals surface area (Å²) in [6, 6.07) is 17.0.